The zero-order valence-corrected chi connectivity index (χ0v) is 16.3. The summed E-state index contributed by atoms with van der Waals surface area (Å²) in [6.45, 7) is 2.74. The molecule has 5 nitrogen and oxygen atoms in total. The second kappa shape index (κ2) is 9.80. The van der Waals surface area contributed by atoms with Crippen LogP contribution in [0.15, 0.2) is 48.5 Å². The van der Waals surface area contributed by atoms with Crippen molar-refractivity contribution in [2.45, 2.75) is 6.10 Å². The molecule has 128 valence electrons. The second-order valence-corrected chi connectivity index (χ2v) is 5.04. The number of methoxy groups -OCH3 is 1. The molecule has 0 saturated carbocycles. The average molecular weight is 499 g/mol. The summed E-state index contributed by atoms with van der Waals surface area (Å²) < 4.78 is 26.0. The van der Waals surface area contributed by atoms with E-state index in [-0.39, 0.29) is 40.8 Å². The van der Waals surface area contributed by atoms with Gasteiger partial charge in [-0.1, -0.05) is 30.4 Å². The molecule has 6 heteroatoms. The molecule has 1 heterocycles. The van der Waals surface area contributed by atoms with Crippen molar-refractivity contribution < 1.29 is 44.7 Å². The fourth-order valence-electron chi connectivity index (χ4n) is 2.02. The van der Waals surface area contributed by atoms with Gasteiger partial charge in [0.25, 0.3) is 0 Å². The predicted molar refractivity (Wildman–Crippen MR) is 85.0 cm³/mol. The van der Waals surface area contributed by atoms with Gasteiger partial charge in [0, 0.05) is 34.8 Å². The standard InChI is InChI=1S/C18H19O5.W/c1-19-12-22-16-6-2-14(3-7-16)15-4-8-17(9-5-15)23-13-20-10-18-11-21-18;/h2-9,11,18H,10,12-13H2,1H3;/q-1;. The topological polar surface area (TPSA) is 49.5 Å². The third-order valence-electron chi connectivity index (χ3n) is 3.30. The SMILES string of the molecule is COCOc1ccc(-c2ccc(OCOCC3[CH-]O3)cc2)cc1.[W]. The molecule has 2 aromatic rings. The number of hydrogen-bond donors (Lipinski definition) is 0. The van der Waals surface area contributed by atoms with E-state index in [1.165, 1.54) is 0 Å². The molecular weight excluding hydrogens is 480 g/mol. The fraction of sp³-hybridized carbons (Fsp3) is 0.278. The zero-order chi connectivity index (χ0) is 15.9. The van der Waals surface area contributed by atoms with Gasteiger partial charge in [0.05, 0.1) is 0 Å². The molecule has 1 fully saturated rings. The Morgan fingerprint density at radius 3 is 1.83 bits per heavy atom. The molecule has 0 radical (unpaired) electrons. The van der Waals surface area contributed by atoms with Crippen molar-refractivity contribution in [2.75, 3.05) is 27.3 Å². The minimum Gasteiger partial charge on any atom is -0.568 e. The summed E-state index contributed by atoms with van der Waals surface area (Å²) in [5, 5.41) is 0. The average Bonchev–Trinajstić information content (AvgIpc) is 3.42. The van der Waals surface area contributed by atoms with Crippen molar-refractivity contribution in [3.05, 3.63) is 55.1 Å². The molecule has 0 amide bonds. The molecule has 0 N–H and O–H groups in total. The van der Waals surface area contributed by atoms with Crippen LogP contribution in [0.1, 0.15) is 0 Å². The van der Waals surface area contributed by atoms with Crippen LogP contribution in [-0.4, -0.2) is 33.4 Å². The van der Waals surface area contributed by atoms with Crippen LogP contribution >= 0.6 is 0 Å². The third-order valence-corrected chi connectivity index (χ3v) is 3.30. The van der Waals surface area contributed by atoms with Crippen molar-refractivity contribution in [3.63, 3.8) is 0 Å². The predicted octanol–water partition coefficient (Wildman–Crippen LogP) is 3.25. The number of ether oxygens (including phenoxy) is 5. The third kappa shape index (κ3) is 5.91. The molecule has 0 aliphatic carbocycles. The Kier molecular flexibility index (Phi) is 7.73. The van der Waals surface area contributed by atoms with Crippen LogP contribution in [0.5, 0.6) is 11.5 Å². The first-order valence-corrected chi connectivity index (χ1v) is 7.37. The number of hydrogen-bond acceptors (Lipinski definition) is 5. The first-order chi connectivity index (χ1) is 11.3. The van der Waals surface area contributed by atoms with Crippen molar-refractivity contribution in [2.24, 2.45) is 0 Å². The molecule has 1 saturated heterocycles. The molecule has 24 heavy (non-hydrogen) atoms. The summed E-state index contributed by atoms with van der Waals surface area (Å²) in [6, 6.07) is 15.7. The Balaban J connectivity index is 0.00000208. The van der Waals surface area contributed by atoms with Crippen LogP contribution in [0.2, 0.25) is 0 Å². The van der Waals surface area contributed by atoms with Gasteiger partial charge in [-0.15, -0.1) is 0 Å². The summed E-state index contributed by atoms with van der Waals surface area (Å²) in [5.41, 5.74) is 2.22. The van der Waals surface area contributed by atoms with Crippen molar-refractivity contribution in [1.82, 2.24) is 0 Å². The van der Waals surface area contributed by atoms with Gasteiger partial charge in [-0.2, -0.15) is 6.61 Å². The zero-order valence-electron chi connectivity index (χ0n) is 13.3. The molecule has 0 aromatic heterocycles. The Bertz CT molecular complexity index is 596. The molecule has 1 unspecified atom stereocenters. The van der Waals surface area contributed by atoms with E-state index in [4.69, 9.17) is 23.7 Å². The van der Waals surface area contributed by atoms with Gasteiger partial charge < -0.3 is 23.7 Å². The van der Waals surface area contributed by atoms with Crippen LogP contribution in [0.25, 0.3) is 11.1 Å². The van der Waals surface area contributed by atoms with E-state index in [2.05, 4.69) is 0 Å². The maximum absolute atomic E-state index is 5.51. The van der Waals surface area contributed by atoms with E-state index < -0.39 is 0 Å². The van der Waals surface area contributed by atoms with Crippen LogP contribution < -0.4 is 9.47 Å². The molecule has 1 aliphatic rings. The Hall–Kier alpha value is -1.39. The molecule has 1 aliphatic heterocycles. The molecule has 3 rings (SSSR count). The number of epoxide rings is 1. The first kappa shape index (κ1) is 18.9. The van der Waals surface area contributed by atoms with E-state index in [0.717, 1.165) is 22.6 Å². The van der Waals surface area contributed by atoms with Gasteiger partial charge in [0.15, 0.2) is 13.6 Å². The van der Waals surface area contributed by atoms with E-state index in [0.29, 0.717) is 6.61 Å². The Morgan fingerprint density at radius 2 is 1.38 bits per heavy atom. The second-order valence-electron chi connectivity index (χ2n) is 5.04. The monoisotopic (exact) mass is 499 g/mol. The quantitative estimate of drug-likeness (QED) is 0.230. The van der Waals surface area contributed by atoms with Gasteiger partial charge in [0.1, 0.15) is 11.5 Å². The van der Waals surface area contributed by atoms with Gasteiger partial charge in [-0.05, 0) is 35.4 Å². The molecule has 1 atom stereocenters. The summed E-state index contributed by atoms with van der Waals surface area (Å²) in [4.78, 5) is 0. The first-order valence-electron chi connectivity index (χ1n) is 7.37. The minimum atomic E-state index is 0. The normalized spacial score (nSPS) is 15.5. The van der Waals surface area contributed by atoms with E-state index in [1.54, 1.807) is 13.7 Å². The van der Waals surface area contributed by atoms with Crippen LogP contribution in [0, 0.1) is 6.61 Å². The minimum absolute atomic E-state index is 0. The van der Waals surface area contributed by atoms with Gasteiger partial charge in [-0.25, -0.2) is 0 Å². The molecular formula is C18H19O5W-. The number of benzene rings is 2. The van der Waals surface area contributed by atoms with E-state index in [9.17, 15) is 0 Å². The smallest absolute Gasteiger partial charge is 0.189 e. The van der Waals surface area contributed by atoms with Crippen LogP contribution in [-0.2, 0) is 35.3 Å². The van der Waals surface area contributed by atoms with Gasteiger partial charge in [0.2, 0.25) is 0 Å². The van der Waals surface area contributed by atoms with E-state index >= 15 is 0 Å². The molecule has 2 aromatic carbocycles. The summed E-state index contributed by atoms with van der Waals surface area (Å²) in [7, 11) is 1.60. The van der Waals surface area contributed by atoms with E-state index in [1.807, 2.05) is 48.5 Å². The van der Waals surface area contributed by atoms with Crippen molar-refractivity contribution >= 4 is 0 Å². The van der Waals surface area contributed by atoms with Crippen LogP contribution in [0.3, 0.4) is 0 Å². The summed E-state index contributed by atoms with van der Waals surface area (Å²) in [6.07, 6.45) is 0.136. The maximum Gasteiger partial charge on any atom is 0.189 e. The fourth-order valence-corrected chi connectivity index (χ4v) is 2.02. The maximum atomic E-state index is 5.51. The van der Waals surface area contributed by atoms with Gasteiger partial charge in [-0.3, -0.25) is 0 Å². The van der Waals surface area contributed by atoms with Crippen molar-refractivity contribution in [1.29, 1.82) is 0 Å². The Morgan fingerprint density at radius 1 is 0.875 bits per heavy atom. The van der Waals surface area contributed by atoms with Crippen molar-refractivity contribution in [3.8, 4) is 22.6 Å². The Labute approximate surface area is 156 Å². The molecule has 0 bridgehead atoms. The largest absolute Gasteiger partial charge is 0.568 e. The summed E-state index contributed by atoms with van der Waals surface area (Å²) >= 11 is 0. The van der Waals surface area contributed by atoms with Crippen LogP contribution in [0.4, 0.5) is 0 Å². The molecule has 0 spiro atoms. The number of rotatable bonds is 9. The van der Waals surface area contributed by atoms with Gasteiger partial charge >= 0.3 is 0 Å². The summed E-state index contributed by atoms with van der Waals surface area (Å²) in [5.74, 6) is 1.55.